The van der Waals surface area contributed by atoms with E-state index in [-0.39, 0.29) is 0 Å². The van der Waals surface area contributed by atoms with Crippen molar-refractivity contribution in [2.45, 2.75) is 13.8 Å². The van der Waals surface area contributed by atoms with Crippen LogP contribution in [-0.2, 0) is 0 Å². The first-order chi connectivity index (χ1) is 24.6. The number of rotatable bonds is 6. The van der Waals surface area contributed by atoms with E-state index >= 15 is 0 Å². The van der Waals surface area contributed by atoms with Crippen LogP contribution < -0.4 is 0 Å². The number of hydrogen-bond acceptors (Lipinski definition) is 3. The van der Waals surface area contributed by atoms with Crippen LogP contribution in [0.15, 0.2) is 168 Å². The lowest BCUT2D eigenvalue weighted by molar-refractivity contribution is 0.584. The molecule has 238 valence electrons. The van der Waals surface area contributed by atoms with Gasteiger partial charge in [0, 0.05) is 27.6 Å². The smallest absolute Gasteiger partial charge is 0.248 e. The Bertz CT molecular complexity index is 2590. The topological polar surface area (TPSA) is 43.9 Å². The van der Waals surface area contributed by atoms with E-state index in [2.05, 4.69) is 162 Å². The SMILES string of the molecule is Cc1ccc2c(c1)c1cc(C)ccc1n2-c1ccc(-c2ccccc2-c2ccccc2-c2ccc(-c3nnc(-c4ccccc4)o3)cc2)cc1. The molecule has 0 saturated heterocycles. The number of aryl methyl sites for hydroxylation is 2. The van der Waals surface area contributed by atoms with Crippen molar-refractivity contribution >= 4 is 21.8 Å². The molecule has 0 N–H and O–H groups in total. The summed E-state index contributed by atoms with van der Waals surface area (Å²) in [6.07, 6.45) is 0. The van der Waals surface area contributed by atoms with Gasteiger partial charge >= 0.3 is 0 Å². The predicted molar refractivity (Wildman–Crippen MR) is 205 cm³/mol. The van der Waals surface area contributed by atoms with E-state index in [0.717, 1.165) is 27.9 Å². The second kappa shape index (κ2) is 12.2. The lowest BCUT2D eigenvalue weighted by atomic mass is 9.89. The molecule has 0 fully saturated rings. The highest BCUT2D eigenvalue weighted by Gasteiger charge is 2.16. The maximum atomic E-state index is 6.02. The summed E-state index contributed by atoms with van der Waals surface area (Å²) in [5.74, 6) is 1.02. The second-order valence-electron chi connectivity index (χ2n) is 12.9. The lowest BCUT2D eigenvalue weighted by Gasteiger charge is -2.15. The maximum Gasteiger partial charge on any atom is 0.248 e. The first kappa shape index (κ1) is 29.6. The van der Waals surface area contributed by atoms with Gasteiger partial charge in [0.2, 0.25) is 11.8 Å². The Labute approximate surface area is 290 Å². The molecule has 2 aromatic heterocycles. The Morgan fingerprint density at radius 3 is 1.34 bits per heavy atom. The third-order valence-corrected chi connectivity index (χ3v) is 9.55. The molecule has 0 spiro atoms. The van der Waals surface area contributed by atoms with Crippen LogP contribution in [0.25, 0.3) is 83.8 Å². The highest BCUT2D eigenvalue weighted by atomic mass is 16.4. The van der Waals surface area contributed by atoms with Crippen LogP contribution in [0.2, 0.25) is 0 Å². The van der Waals surface area contributed by atoms with Crippen molar-refractivity contribution in [2.75, 3.05) is 0 Å². The zero-order valence-electron chi connectivity index (χ0n) is 27.8. The summed E-state index contributed by atoms with van der Waals surface area (Å²) in [6, 6.07) is 58.0. The molecule has 7 aromatic carbocycles. The van der Waals surface area contributed by atoms with Gasteiger partial charge in [-0.25, -0.2) is 0 Å². The summed E-state index contributed by atoms with van der Waals surface area (Å²) in [4.78, 5) is 0. The van der Waals surface area contributed by atoms with Crippen molar-refractivity contribution in [3.63, 3.8) is 0 Å². The van der Waals surface area contributed by atoms with Crippen molar-refractivity contribution < 1.29 is 4.42 Å². The van der Waals surface area contributed by atoms with Gasteiger partial charge < -0.3 is 8.98 Å². The zero-order valence-corrected chi connectivity index (χ0v) is 27.8. The lowest BCUT2D eigenvalue weighted by Crippen LogP contribution is -1.94. The molecule has 9 rings (SSSR count). The van der Waals surface area contributed by atoms with Crippen LogP contribution in [0.5, 0.6) is 0 Å². The van der Waals surface area contributed by atoms with Gasteiger partial charge in [-0.2, -0.15) is 0 Å². The molecule has 0 aliphatic heterocycles. The summed E-state index contributed by atoms with van der Waals surface area (Å²) in [5, 5.41) is 11.2. The van der Waals surface area contributed by atoms with Crippen LogP contribution in [0, 0.1) is 13.8 Å². The summed E-state index contributed by atoms with van der Waals surface area (Å²) in [5.41, 5.74) is 14.9. The summed E-state index contributed by atoms with van der Waals surface area (Å²) < 4.78 is 8.40. The Balaban J connectivity index is 1.07. The van der Waals surface area contributed by atoms with E-state index < -0.39 is 0 Å². The van der Waals surface area contributed by atoms with Gasteiger partial charge in [-0.3, -0.25) is 0 Å². The van der Waals surface area contributed by atoms with Crippen molar-refractivity contribution in [3.05, 3.63) is 175 Å². The largest absolute Gasteiger partial charge is 0.416 e. The van der Waals surface area contributed by atoms with Crippen molar-refractivity contribution in [1.29, 1.82) is 0 Å². The number of hydrogen-bond donors (Lipinski definition) is 0. The van der Waals surface area contributed by atoms with Gasteiger partial charge in [0.15, 0.2) is 0 Å². The zero-order chi connectivity index (χ0) is 33.6. The van der Waals surface area contributed by atoms with Gasteiger partial charge in [-0.1, -0.05) is 114 Å². The van der Waals surface area contributed by atoms with E-state index in [4.69, 9.17) is 4.42 Å². The van der Waals surface area contributed by atoms with Crippen molar-refractivity contribution in [3.8, 4) is 62.0 Å². The maximum absolute atomic E-state index is 6.02. The summed E-state index contributed by atoms with van der Waals surface area (Å²) >= 11 is 0. The molecule has 0 radical (unpaired) electrons. The van der Waals surface area contributed by atoms with E-state index in [9.17, 15) is 0 Å². The number of benzene rings is 7. The van der Waals surface area contributed by atoms with Crippen LogP contribution in [0.1, 0.15) is 11.1 Å². The Morgan fingerprint density at radius 2 is 0.820 bits per heavy atom. The van der Waals surface area contributed by atoms with Crippen LogP contribution in [-0.4, -0.2) is 14.8 Å². The van der Waals surface area contributed by atoms with Crippen LogP contribution in [0.3, 0.4) is 0 Å². The Hall–Kier alpha value is -6.52. The minimum atomic E-state index is 0.503. The van der Waals surface area contributed by atoms with E-state index in [1.54, 1.807) is 0 Å². The van der Waals surface area contributed by atoms with Crippen LogP contribution in [0.4, 0.5) is 0 Å². The van der Waals surface area contributed by atoms with E-state index in [1.807, 2.05) is 30.3 Å². The monoisotopic (exact) mass is 643 g/mol. The van der Waals surface area contributed by atoms with E-state index in [0.29, 0.717) is 11.8 Å². The summed E-state index contributed by atoms with van der Waals surface area (Å²) in [7, 11) is 0. The summed E-state index contributed by atoms with van der Waals surface area (Å²) in [6.45, 7) is 4.32. The van der Waals surface area contributed by atoms with Crippen LogP contribution >= 0.6 is 0 Å². The average molecular weight is 644 g/mol. The molecule has 0 aliphatic rings. The van der Waals surface area contributed by atoms with Gasteiger partial charge in [-0.05, 0) is 108 Å². The van der Waals surface area contributed by atoms with E-state index in [1.165, 1.54) is 55.2 Å². The number of nitrogens with zero attached hydrogens (tertiary/aromatic N) is 3. The fourth-order valence-corrected chi connectivity index (χ4v) is 7.09. The van der Waals surface area contributed by atoms with Gasteiger partial charge in [0.1, 0.15) is 0 Å². The molecule has 4 heteroatoms. The Kier molecular flexibility index (Phi) is 7.21. The molecule has 0 saturated carbocycles. The molecule has 4 nitrogen and oxygen atoms in total. The fourth-order valence-electron chi connectivity index (χ4n) is 7.09. The standard InChI is InChI=1S/C46H33N3O/c1-30-16-26-43-41(28-30)42-29-31(2)17-27-44(42)49(43)36-24-22-33(23-25-36)38-13-7-9-15-40(38)39-14-8-6-12-37(39)32-18-20-35(21-19-32)46-48-47-45(50-46)34-10-4-3-5-11-34/h3-29H,1-2H3. The fraction of sp³-hybridized carbons (Fsp3) is 0.0435. The molecule has 0 amide bonds. The minimum absolute atomic E-state index is 0.503. The molecule has 0 unspecified atom stereocenters. The third kappa shape index (κ3) is 5.19. The second-order valence-corrected chi connectivity index (χ2v) is 12.9. The number of fused-ring (bicyclic) bond motifs is 3. The molecule has 2 heterocycles. The molecule has 50 heavy (non-hydrogen) atoms. The van der Waals surface area contributed by atoms with Crippen molar-refractivity contribution in [1.82, 2.24) is 14.8 Å². The average Bonchev–Trinajstić information content (AvgIpc) is 3.79. The number of aromatic nitrogens is 3. The molecule has 9 aromatic rings. The highest BCUT2D eigenvalue weighted by Crippen LogP contribution is 2.40. The van der Waals surface area contributed by atoms with Gasteiger partial charge in [-0.15, -0.1) is 10.2 Å². The molecule has 0 aliphatic carbocycles. The molecular weight excluding hydrogens is 611 g/mol. The van der Waals surface area contributed by atoms with Gasteiger partial charge in [0.05, 0.1) is 11.0 Å². The first-order valence-electron chi connectivity index (χ1n) is 16.9. The quantitative estimate of drug-likeness (QED) is 0.181. The minimum Gasteiger partial charge on any atom is -0.416 e. The molecule has 0 atom stereocenters. The molecular formula is C46H33N3O. The predicted octanol–water partition coefficient (Wildman–Crippen LogP) is 12.1. The third-order valence-electron chi connectivity index (χ3n) is 9.55. The van der Waals surface area contributed by atoms with Crippen molar-refractivity contribution in [2.24, 2.45) is 0 Å². The first-order valence-corrected chi connectivity index (χ1v) is 16.9. The highest BCUT2D eigenvalue weighted by molar-refractivity contribution is 6.09. The molecule has 0 bridgehead atoms. The van der Waals surface area contributed by atoms with Gasteiger partial charge in [0.25, 0.3) is 0 Å². The Morgan fingerprint density at radius 1 is 0.400 bits per heavy atom. The normalized spacial score (nSPS) is 11.4.